The Morgan fingerprint density at radius 1 is 0.741 bits per heavy atom. The summed E-state index contributed by atoms with van der Waals surface area (Å²) >= 11 is 0. The highest BCUT2D eigenvalue weighted by atomic mass is 19.1. The van der Waals surface area contributed by atoms with Gasteiger partial charge in [-0.25, -0.2) is 9.18 Å². The maximum absolute atomic E-state index is 15.8. The van der Waals surface area contributed by atoms with Crippen LogP contribution in [0.3, 0.4) is 0 Å². The van der Waals surface area contributed by atoms with Crippen LogP contribution < -0.4 is 14.2 Å². The average molecular weight is 719 g/mol. The highest BCUT2D eigenvalue weighted by Crippen LogP contribution is 2.34. The highest BCUT2D eigenvalue weighted by Gasteiger charge is 2.14. The summed E-state index contributed by atoms with van der Waals surface area (Å²) in [5, 5.41) is 11.1. The molecule has 6 aromatic rings. The van der Waals surface area contributed by atoms with Crippen molar-refractivity contribution >= 4 is 29.2 Å². The van der Waals surface area contributed by atoms with E-state index in [0.717, 1.165) is 52.3 Å². The van der Waals surface area contributed by atoms with Crippen LogP contribution >= 0.6 is 0 Å². The van der Waals surface area contributed by atoms with Gasteiger partial charge in [-0.1, -0.05) is 86.7 Å². The Bertz CT molecular complexity index is 2370. The van der Waals surface area contributed by atoms with Crippen molar-refractivity contribution < 1.29 is 28.1 Å². The Hall–Kier alpha value is -6.54. The van der Waals surface area contributed by atoms with E-state index < -0.39 is 5.97 Å². The van der Waals surface area contributed by atoms with Gasteiger partial charge >= 0.3 is 5.97 Å². The van der Waals surface area contributed by atoms with Crippen LogP contribution in [-0.2, 0) is 16.0 Å². The predicted molar refractivity (Wildman–Crippen MR) is 213 cm³/mol. The number of rotatable bonds is 14. The molecule has 1 heterocycles. The molecular formula is C46H39FN2O5. The van der Waals surface area contributed by atoms with Crippen LogP contribution in [0.4, 0.5) is 4.39 Å². The van der Waals surface area contributed by atoms with Crippen molar-refractivity contribution in [2.75, 3.05) is 20.0 Å². The van der Waals surface area contributed by atoms with Gasteiger partial charge in [-0.15, -0.1) is 0 Å². The van der Waals surface area contributed by atoms with Crippen LogP contribution in [0, 0.1) is 5.82 Å². The molecule has 0 N–H and O–H groups in total. The van der Waals surface area contributed by atoms with Crippen LogP contribution in [0.1, 0.15) is 36.5 Å². The van der Waals surface area contributed by atoms with E-state index in [0.29, 0.717) is 41.4 Å². The summed E-state index contributed by atoms with van der Waals surface area (Å²) < 4.78 is 37.5. The van der Waals surface area contributed by atoms with Gasteiger partial charge in [-0.3, -0.25) is 0 Å². The summed E-state index contributed by atoms with van der Waals surface area (Å²) in [6, 6.07) is 37.4. The number of carbonyl (C=O) groups excluding carboxylic acids is 1. The molecule has 0 unspecified atom stereocenters. The van der Waals surface area contributed by atoms with Crippen molar-refractivity contribution in [3.05, 3.63) is 150 Å². The minimum absolute atomic E-state index is 0.201. The topological polar surface area (TPSA) is 78.7 Å². The summed E-state index contributed by atoms with van der Waals surface area (Å²) in [6.45, 7) is 6.39. The van der Waals surface area contributed by atoms with E-state index in [1.807, 2.05) is 42.5 Å². The van der Waals surface area contributed by atoms with Crippen molar-refractivity contribution in [3.63, 3.8) is 0 Å². The lowest BCUT2D eigenvalue weighted by Gasteiger charge is -2.12. The standard InChI is InChI=1S/C46H39FN2O5/c1-3-6-31-7-9-35-25-36(11-10-34(35)23-31)37-14-18-41(39(26-37)29-49-48-28-32-8-20-44-45(24-32)54-30-53-44)38-15-19-42(43(47)27-38)33-12-16-40(17-13-33)51-21-5-22-52-46(50)4-2/h4,7-20,23-29H,2-3,5-6,21-22,30H2,1H3/b48-28+,49-29+. The third kappa shape index (κ3) is 8.56. The zero-order valence-corrected chi connectivity index (χ0v) is 30.0. The number of fused-ring (bicyclic) bond motifs is 2. The summed E-state index contributed by atoms with van der Waals surface area (Å²) in [6.07, 6.45) is 7.19. The molecule has 0 atom stereocenters. The fraction of sp³-hybridized carbons (Fsp3) is 0.152. The van der Waals surface area contributed by atoms with Crippen LogP contribution in [0.25, 0.3) is 44.2 Å². The number of aryl methyl sites for hydroxylation is 1. The molecule has 0 spiro atoms. The minimum Gasteiger partial charge on any atom is -0.493 e. The van der Waals surface area contributed by atoms with Crippen LogP contribution in [0.2, 0.25) is 0 Å². The fourth-order valence-corrected chi connectivity index (χ4v) is 6.35. The molecule has 7 rings (SSSR count). The molecule has 0 aliphatic carbocycles. The maximum atomic E-state index is 15.8. The smallest absolute Gasteiger partial charge is 0.330 e. The first-order chi connectivity index (χ1) is 26.5. The molecule has 8 heteroatoms. The van der Waals surface area contributed by atoms with Crippen LogP contribution in [-0.4, -0.2) is 38.4 Å². The zero-order chi connectivity index (χ0) is 37.3. The number of carbonyl (C=O) groups is 1. The second kappa shape index (κ2) is 16.9. The van der Waals surface area contributed by atoms with Crippen molar-refractivity contribution in [1.29, 1.82) is 0 Å². The second-order valence-electron chi connectivity index (χ2n) is 12.8. The van der Waals surface area contributed by atoms with E-state index in [1.54, 1.807) is 36.7 Å². The Kier molecular flexibility index (Phi) is 11.2. The van der Waals surface area contributed by atoms with E-state index in [4.69, 9.17) is 18.9 Å². The monoisotopic (exact) mass is 718 g/mol. The minimum atomic E-state index is -0.460. The quantitative estimate of drug-likeness (QED) is 0.0368. The molecule has 0 bridgehead atoms. The summed E-state index contributed by atoms with van der Waals surface area (Å²) in [5.74, 6) is 1.20. The molecule has 0 radical (unpaired) electrons. The molecule has 0 saturated carbocycles. The molecule has 0 aromatic heterocycles. The molecule has 54 heavy (non-hydrogen) atoms. The maximum Gasteiger partial charge on any atom is 0.330 e. The number of halogens is 1. The van der Waals surface area contributed by atoms with Crippen molar-refractivity contribution in [2.24, 2.45) is 10.2 Å². The third-order valence-corrected chi connectivity index (χ3v) is 9.11. The molecule has 1 aliphatic rings. The number of hydrogen-bond donors (Lipinski definition) is 0. The van der Waals surface area contributed by atoms with E-state index in [-0.39, 0.29) is 19.2 Å². The summed E-state index contributed by atoms with van der Waals surface area (Å²) in [7, 11) is 0. The van der Waals surface area contributed by atoms with Gasteiger partial charge in [0, 0.05) is 23.6 Å². The molecule has 0 fully saturated rings. The lowest BCUT2D eigenvalue weighted by atomic mass is 9.93. The van der Waals surface area contributed by atoms with Crippen molar-refractivity contribution in [3.8, 4) is 50.6 Å². The van der Waals surface area contributed by atoms with E-state index in [2.05, 4.69) is 72.2 Å². The van der Waals surface area contributed by atoms with Gasteiger partial charge in [-0.2, -0.15) is 10.2 Å². The number of benzene rings is 6. The van der Waals surface area contributed by atoms with Gasteiger partial charge < -0.3 is 18.9 Å². The van der Waals surface area contributed by atoms with Crippen molar-refractivity contribution in [2.45, 2.75) is 26.2 Å². The molecule has 0 amide bonds. The lowest BCUT2D eigenvalue weighted by molar-refractivity contribution is -0.137. The van der Waals surface area contributed by atoms with Gasteiger partial charge in [0.1, 0.15) is 11.6 Å². The fourth-order valence-electron chi connectivity index (χ4n) is 6.35. The van der Waals surface area contributed by atoms with Crippen LogP contribution in [0.15, 0.2) is 138 Å². The highest BCUT2D eigenvalue weighted by molar-refractivity contribution is 5.95. The van der Waals surface area contributed by atoms with Gasteiger partial charge in [0.05, 0.1) is 25.6 Å². The number of nitrogens with zero attached hydrogens (tertiary/aromatic N) is 2. The second-order valence-corrected chi connectivity index (χ2v) is 12.8. The molecule has 270 valence electrons. The molecule has 1 aliphatic heterocycles. The van der Waals surface area contributed by atoms with E-state index in [9.17, 15) is 4.79 Å². The number of hydrogen-bond acceptors (Lipinski definition) is 7. The normalized spacial score (nSPS) is 12.1. The van der Waals surface area contributed by atoms with E-state index in [1.165, 1.54) is 16.3 Å². The Morgan fingerprint density at radius 3 is 2.30 bits per heavy atom. The molecule has 6 aromatic carbocycles. The van der Waals surface area contributed by atoms with Crippen molar-refractivity contribution in [1.82, 2.24) is 0 Å². The van der Waals surface area contributed by atoms with E-state index >= 15 is 4.39 Å². The first kappa shape index (κ1) is 35.8. The third-order valence-electron chi connectivity index (χ3n) is 9.11. The predicted octanol–water partition coefficient (Wildman–Crippen LogP) is 10.6. The summed E-state index contributed by atoms with van der Waals surface area (Å²) in [4.78, 5) is 11.2. The van der Waals surface area contributed by atoms with Gasteiger partial charge in [0.25, 0.3) is 0 Å². The SMILES string of the molecule is C=CC(=O)OCCCOc1ccc(-c2ccc(-c3ccc(-c4ccc5cc(CCC)ccc5c4)cc3/C=N/N=C/c3ccc4c(c3)OCO4)cc2F)cc1. The Balaban J connectivity index is 1.14. The largest absolute Gasteiger partial charge is 0.493 e. The number of esters is 1. The summed E-state index contributed by atoms with van der Waals surface area (Å²) in [5.41, 5.74) is 7.76. The molecule has 0 saturated heterocycles. The first-order valence-corrected chi connectivity index (χ1v) is 17.9. The molecule has 7 nitrogen and oxygen atoms in total. The zero-order valence-electron chi connectivity index (χ0n) is 30.0. The molecular weight excluding hydrogens is 680 g/mol. The van der Waals surface area contributed by atoms with Crippen LogP contribution in [0.5, 0.6) is 17.2 Å². The Morgan fingerprint density at radius 2 is 1.46 bits per heavy atom. The number of ether oxygens (including phenoxy) is 4. The van der Waals surface area contributed by atoms with Gasteiger partial charge in [-0.05, 0) is 105 Å². The first-order valence-electron chi connectivity index (χ1n) is 17.9. The lowest BCUT2D eigenvalue weighted by Crippen LogP contribution is -2.06. The van der Waals surface area contributed by atoms with Gasteiger partial charge in [0.15, 0.2) is 11.5 Å². The average Bonchev–Trinajstić information content (AvgIpc) is 3.68. The Labute approximate surface area is 314 Å². The van der Waals surface area contributed by atoms with Gasteiger partial charge in [0.2, 0.25) is 6.79 Å².